The molecule has 162 valence electrons. The molecular weight excluding hydrogens is 411 g/mol. The maximum absolute atomic E-state index is 15.1. The van der Waals surface area contributed by atoms with Gasteiger partial charge in [-0.15, -0.1) is 0 Å². The highest BCUT2D eigenvalue weighted by atomic mass is 35.5. The third kappa shape index (κ3) is 5.58. The number of nitrogens with one attached hydrogen (secondary N) is 1. The van der Waals surface area contributed by atoms with Crippen molar-refractivity contribution in [3.63, 3.8) is 0 Å². The molecule has 1 atom stereocenters. The molecule has 1 aromatic heterocycles. The number of nitrogens with zero attached hydrogens (tertiary/aromatic N) is 3. The maximum Gasteiger partial charge on any atom is 0.409 e. The number of aliphatic hydroxyl groups is 1. The number of likely N-dealkylation sites (tertiary alicyclic amines) is 1. The molecule has 0 saturated carbocycles. The molecule has 1 aliphatic heterocycles. The number of unbranched alkanes of at least 4 members (excludes halogenated alkanes) is 1. The van der Waals surface area contributed by atoms with Crippen molar-refractivity contribution in [2.75, 3.05) is 25.0 Å². The highest BCUT2D eigenvalue weighted by Gasteiger charge is 2.26. The SMILES string of the molecule is CCCCOC(=O)N1CCCC(Nc2nc(Cl)nc(-c3ccc(CO)cc3)c2F)C1. The van der Waals surface area contributed by atoms with Gasteiger partial charge in [0.25, 0.3) is 0 Å². The maximum atomic E-state index is 15.1. The van der Waals surface area contributed by atoms with Crippen LogP contribution in [0, 0.1) is 5.82 Å². The number of carbonyl (C=O) groups excluding carboxylic acids is 1. The van der Waals surface area contributed by atoms with Crippen LogP contribution >= 0.6 is 11.6 Å². The molecule has 9 heteroatoms. The van der Waals surface area contributed by atoms with Gasteiger partial charge in [-0.1, -0.05) is 37.6 Å². The van der Waals surface area contributed by atoms with E-state index in [2.05, 4.69) is 15.3 Å². The molecule has 2 aromatic rings. The number of aliphatic hydroxyl groups excluding tert-OH is 1. The first-order valence-electron chi connectivity index (χ1n) is 10.1. The molecule has 1 saturated heterocycles. The smallest absolute Gasteiger partial charge is 0.409 e. The van der Waals surface area contributed by atoms with Gasteiger partial charge in [-0.25, -0.2) is 14.2 Å². The second-order valence-electron chi connectivity index (χ2n) is 7.26. The zero-order valence-electron chi connectivity index (χ0n) is 16.9. The molecule has 2 heterocycles. The third-order valence-corrected chi connectivity index (χ3v) is 5.15. The fraction of sp³-hybridized carbons (Fsp3) is 0.476. The molecule has 1 aliphatic rings. The predicted molar refractivity (Wildman–Crippen MR) is 113 cm³/mol. The van der Waals surface area contributed by atoms with E-state index in [0.29, 0.717) is 30.8 Å². The van der Waals surface area contributed by atoms with Crippen LogP contribution in [0.1, 0.15) is 38.2 Å². The van der Waals surface area contributed by atoms with Gasteiger partial charge < -0.3 is 20.1 Å². The first-order valence-corrected chi connectivity index (χ1v) is 10.5. The number of rotatable bonds is 7. The van der Waals surface area contributed by atoms with Crippen molar-refractivity contribution in [2.24, 2.45) is 0 Å². The van der Waals surface area contributed by atoms with Gasteiger partial charge >= 0.3 is 6.09 Å². The third-order valence-electron chi connectivity index (χ3n) is 4.98. The second-order valence-corrected chi connectivity index (χ2v) is 7.59. The summed E-state index contributed by atoms with van der Waals surface area (Å²) in [5.41, 5.74) is 1.32. The van der Waals surface area contributed by atoms with E-state index in [0.717, 1.165) is 25.7 Å². The molecular formula is C21H26ClFN4O3. The van der Waals surface area contributed by atoms with Crippen molar-refractivity contribution in [2.45, 2.75) is 45.3 Å². The van der Waals surface area contributed by atoms with E-state index in [1.54, 1.807) is 29.2 Å². The van der Waals surface area contributed by atoms with Gasteiger partial charge in [0.05, 0.1) is 13.2 Å². The monoisotopic (exact) mass is 436 g/mol. The average Bonchev–Trinajstić information content (AvgIpc) is 2.76. The van der Waals surface area contributed by atoms with E-state index in [1.165, 1.54) is 0 Å². The number of amides is 1. The first kappa shape index (κ1) is 22.2. The quantitative estimate of drug-likeness (QED) is 0.498. The van der Waals surface area contributed by atoms with Gasteiger partial charge in [0.2, 0.25) is 5.28 Å². The number of benzene rings is 1. The zero-order valence-corrected chi connectivity index (χ0v) is 17.7. The number of hydrogen-bond acceptors (Lipinski definition) is 6. The van der Waals surface area contributed by atoms with Crippen LogP contribution in [-0.4, -0.2) is 51.8 Å². The van der Waals surface area contributed by atoms with Crippen LogP contribution in [-0.2, 0) is 11.3 Å². The van der Waals surface area contributed by atoms with Gasteiger partial charge in [-0.05, 0) is 36.4 Å². The molecule has 1 aromatic carbocycles. The summed E-state index contributed by atoms with van der Waals surface area (Å²) in [7, 11) is 0. The molecule has 2 N–H and O–H groups in total. The number of anilines is 1. The van der Waals surface area contributed by atoms with E-state index < -0.39 is 5.82 Å². The van der Waals surface area contributed by atoms with Crippen LogP contribution in [0.15, 0.2) is 24.3 Å². The Morgan fingerprint density at radius 2 is 2.13 bits per heavy atom. The molecule has 30 heavy (non-hydrogen) atoms. The van der Waals surface area contributed by atoms with Crippen molar-refractivity contribution in [3.05, 3.63) is 40.9 Å². The lowest BCUT2D eigenvalue weighted by Gasteiger charge is -2.32. The summed E-state index contributed by atoms with van der Waals surface area (Å²) in [6.07, 6.45) is 2.97. The van der Waals surface area contributed by atoms with Crippen LogP contribution in [0.4, 0.5) is 15.0 Å². The molecule has 1 unspecified atom stereocenters. The van der Waals surface area contributed by atoms with Crippen LogP contribution in [0.2, 0.25) is 5.28 Å². The Kier molecular flexibility index (Phi) is 7.81. The Balaban J connectivity index is 1.72. The minimum atomic E-state index is -0.612. The lowest BCUT2D eigenvalue weighted by Crippen LogP contribution is -2.45. The molecule has 1 amide bonds. The average molecular weight is 437 g/mol. The minimum absolute atomic E-state index is 0.00225. The van der Waals surface area contributed by atoms with Crippen LogP contribution < -0.4 is 5.32 Å². The lowest BCUT2D eigenvalue weighted by molar-refractivity contribution is 0.0920. The molecule has 0 bridgehead atoms. The van der Waals surface area contributed by atoms with E-state index in [-0.39, 0.29) is 35.5 Å². The lowest BCUT2D eigenvalue weighted by atomic mass is 10.1. The van der Waals surface area contributed by atoms with Crippen molar-refractivity contribution >= 4 is 23.5 Å². The molecule has 7 nitrogen and oxygen atoms in total. The summed E-state index contributed by atoms with van der Waals surface area (Å²) < 4.78 is 20.4. The molecule has 3 rings (SSSR count). The molecule has 1 fully saturated rings. The number of carbonyl (C=O) groups is 1. The predicted octanol–water partition coefficient (Wildman–Crippen LogP) is 4.24. The largest absolute Gasteiger partial charge is 0.449 e. The number of halogens is 2. The highest BCUT2D eigenvalue weighted by Crippen LogP contribution is 2.28. The van der Waals surface area contributed by atoms with Crippen LogP contribution in [0.3, 0.4) is 0 Å². The highest BCUT2D eigenvalue weighted by molar-refractivity contribution is 6.28. The Labute approximate surface area is 180 Å². The van der Waals surface area contributed by atoms with Gasteiger partial charge in [0.15, 0.2) is 11.6 Å². The van der Waals surface area contributed by atoms with E-state index in [9.17, 15) is 9.90 Å². The Bertz CT molecular complexity index is 866. The second kappa shape index (κ2) is 10.5. The van der Waals surface area contributed by atoms with E-state index >= 15 is 4.39 Å². The van der Waals surface area contributed by atoms with E-state index in [4.69, 9.17) is 16.3 Å². The first-order chi connectivity index (χ1) is 14.5. The Morgan fingerprint density at radius 1 is 1.37 bits per heavy atom. The van der Waals surface area contributed by atoms with E-state index in [1.807, 2.05) is 6.92 Å². The zero-order chi connectivity index (χ0) is 21.5. The van der Waals surface area contributed by atoms with Crippen molar-refractivity contribution < 1.29 is 19.0 Å². The number of piperidine rings is 1. The molecule has 0 spiro atoms. The number of hydrogen-bond donors (Lipinski definition) is 2. The Morgan fingerprint density at radius 3 is 2.83 bits per heavy atom. The van der Waals surface area contributed by atoms with Crippen molar-refractivity contribution in [1.82, 2.24) is 14.9 Å². The summed E-state index contributed by atoms with van der Waals surface area (Å²) in [5, 5.41) is 12.2. The summed E-state index contributed by atoms with van der Waals surface area (Å²) in [5.74, 6) is -0.610. The molecule has 0 aliphatic carbocycles. The van der Waals surface area contributed by atoms with Crippen LogP contribution in [0.25, 0.3) is 11.3 Å². The normalized spacial score (nSPS) is 16.4. The number of aromatic nitrogens is 2. The Hall–Kier alpha value is -2.45. The minimum Gasteiger partial charge on any atom is -0.449 e. The fourth-order valence-electron chi connectivity index (χ4n) is 3.32. The van der Waals surface area contributed by atoms with Crippen molar-refractivity contribution in [1.29, 1.82) is 0 Å². The standard InChI is InChI=1S/C21H26ClFN4O3/c1-2-3-11-30-21(29)27-10-4-5-16(12-27)24-19-17(23)18(25-20(22)26-19)15-8-6-14(13-28)7-9-15/h6-9,16,28H,2-5,10-13H2,1H3,(H,24,25,26). The molecule has 0 radical (unpaired) electrons. The van der Waals surface area contributed by atoms with Gasteiger partial charge in [0, 0.05) is 24.7 Å². The van der Waals surface area contributed by atoms with Crippen molar-refractivity contribution in [3.8, 4) is 11.3 Å². The summed E-state index contributed by atoms with van der Waals surface area (Å²) in [4.78, 5) is 21.9. The summed E-state index contributed by atoms with van der Waals surface area (Å²) in [6, 6.07) is 6.56. The van der Waals surface area contributed by atoms with Gasteiger partial charge in [0.1, 0.15) is 5.69 Å². The fourth-order valence-corrected chi connectivity index (χ4v) is 3.49. The van der Waals surface area contributed by atoms with Crippen LogP contribution in [0.5, 0.6) is 0 Å². The number of ether oxygens (including phenoxy) is 1. The van der Waals surface area contributed by atoms with Gasteiger partial charge in [-0.2, -0.15) is 4.98 Å². The summed E-state index contributed by atoms with van der Waals surface area (Å²) >= 11 is 6.04. The topological polar surface area (TPSA) is 87.6 Å². The summed E-state index contributed by atoms with van der Waals surface area (Å²) in [6.45, 7) is 3.34. The van der Waals surface area contributed by atoms with Gasteiger partial charge in [-0.3, -0.25) is 0 Å².